The molecule has 0 bridgehead atoms. The summed E-state index contributed by atoms with van der Waals surface area (Å²) in [6.45, 7) is 4.34. The maximum Gasteiger partial charge on any atom is 0.252 e. The molecule has 3 heterocycles. The smallest absolute Gasteiger partial charge is 0.252 e. The summed E-state index contributed by atoms with van der Waals surface area (Å²) in [6.07, 6.45) is 3.25. The maximum absolute atomic E-state index is 13.5. The molecular weight excluding hydrogens is 390 g/mol. The minimum atomic E-state index is -2.53. The second-order valence-electron chi connectivity index (χ2n) is 8.07. The third kappa shape index (κ3) is 4.80. The first-order valence-corrected chi connectivity index (χ1v) is 10.2. The largest absolute Gasteiger partial charge is 0.364 e. The Hall–Kier alpha value is -2.91. The van der Waals surface area contributed by atoms with Gasteiger partial charge in [0.25, 0.3) is 5.95 Å². The van der Waals surface area contributed by atoms with Crippen molar-refractivity contribution in [2.45, 2.75) is 58.4 Å². The summed E-state index contributed by atoms with van der Waals surface area (Å²) < 4.78 is 28.7. The van der Waals surface area contributed by atoms with E-state index in [0.717, 1.165) is 22.8 Å². The van der Waals surface area contributed by atoms with Crippen LogP contribution >= 0.6 is 0 Å². The highest BCUT2D eigenvalue weighted by atomic mass is 19.3. The first-order valence-electron chi connectivity index (χ1n) is 10.2. The van der Waals surface area contributed by atoms with E-state index >= 15 is 0 Å². The van der Waals surface area contributed by atoms with Gasteiger partial charge in [0.2, 0.25) is 5.92 Å². The molecule has 3 aromatic heterocycles. The van der Waals surface area contributed by atoms with E-state index in [1.54, 1.807) is 17.9 Å². The lowest BCUT2D eigenvalue weighted by Gasteiger charge is -2.28. The van der Waals surface area contributed by atoms with E-state index in [2.05, 4.69) is 25.6 Å². The molecule has 0 saturated heterocycles. The number of nitrogens with one attached hydrogen (secondary N) is 1. The first-order chi connectivity index (χ1) is 14.3. The van der Waals surface area contributed by atoms with Crippen LogP contribution < -0.4 is 5.32 Å². The van der Waals surface area contributed by atoms with Crippen LogP contribution in [0, 0.1) is 19.8 Å². The Balaban J connectivity index is 1.58. The van der Waals surface area contributed by atoms with Crippen LogP contribution in [0.25, 0.3) is 5.95 Å². The van der Waals surface area contributed by atoms with E-state index in [0.29, 0.717) is 37.6 Å². The lowest BCUT2D eigenvalue weighted by Crippen LogP contribution is -2.25. The van der Waals surface area contributed by atoms with Crippen molar-refractivity contribution in [3.63, 3.8) is 0 Å². The Labute approximate surface area is 173 Å². The van der Waals surface area contributed by atoms with Crippen molar-refractivity contribution in [3.05, 3.63) is 41.1 Å². The van der Waals surface area contributed by atoms with Crippen LogP contribution in [0.5, 0.6) is 0 Å². The number of anilines is 1. The highest BCUT2D eigenvalue weighted by molar-refractivity contribution is 5.39. The Morgan fingerprint density at radius 1 is 1.10 bits per heavy atom. The highest BCUT2D eigenvalue weighted by Crippen LogP contribution is 2.37. The van der Waals surface area contributed by atoms with Gasteiger partial charge in [-0.05, 0) is 45.1 Å². The van der Waals surface area contributed by atoms with Gasteiger partial charge in [-0.3, -0.25) is 0 Å². The van der Waals surface area contributed by atoms with Crippen molar-refractivity contribution in [2.75, 3.05) is 5.32 Å². The van der Waals surface area contributed by atoms with E-state index < -0.39 is 5.92 Å². The van der Waals surface area contributed by atoms with Crippen LogP contribution in [0.3, 0.4) is 0 Å². The predicted octanol–water partition coefficient (Wildman–Crippen LogP) is 3.39. The zero-order chi connectivity index (χ0) is 21.3. The maximum atomic E-state index is 13.5. The van der Waals surface area contributed by atoms with Gasteiger partial charge >= 0.3 is 0 Å². The average molecular weight is 416 g/mol. The van der Waals surface area contributed by atoms with Gasteiger partial charge < -0.3 is 5.32 Å². The fourth-order valence-corrected chi connectivity index (χ4v) is 3.85. The quantitative estimate of drug-likeness (QED) is 0.663. The molecule has 3 aromatic rings. The third-order valence-corrected chi connectivity index (χ3v) is 5.40. The molecule has 10 heteroatoms. The monoisotopic (exact) mass is 416 g/mol. The average Bonchev–Trinajstić information content (AvgIpc) is 3.26. The van der Waals surface area contributed by atoms with Crippen LogP contribution in [0.2, 0.25) is 0 Å². The van der Waals surface area contributed by atoms with Gasteiger partial charge in [0.15, 0.2) is 0 Å². The van der Waals surface area contributed by atoms with E-state index in [4.69, 9.17) is 4.98 Å². The van der Waals surface area contributed by atoms with E-state index in [1.165, 1.54) is 4.80 Å². The highest BCUT2D eigenvalue weighted by Gasteiger charge is 2.35. The number of aryl methyl sites for hydroxylation is 3. The van der Waals surface area contributed by atoms with Crippen LogP contribution in [0.4, 0.5) is 14.6 Å². The number of aromatic nitrogens is 7. The minimum absolute atomic E-state index is 0.0507. The molecule has 0 unspecified atom stereocenters. The second kappa shape index (κ2) is 8.08. The first kappa shape index (κ1) is 20.4. The van der Waals surface area contributed by atoms with Gasteiger partial charge in [-0.1, -0.05) is 0 Å². The van der Waals surface area contributed by atoms with Crippen LogP contribution in [0.1, 0.15) is 48.5 Å². The number of hydrogen-bond acceptors (Lipinski definition) is 6. The van der Waals surface area contributed by atoms with Gasteiger partial charge in [-0.25, -0.2) is 18.4 Å². The molecule has 0 atom stereocenters. The Morgan fingerprint density at radius 2 is 1.87 bits per heavy atom. The zero-order valence-corrected chi connectivity index (χ0v) is 17.4. The van der Waals surface area contributed by atoms with Crippen LogP contribution in [-0.4, -0.2) is 40.7 Å². The summed E-state index contributed by atoms with van der Waals surface area (Å²) in [6, 6.07) is 3.85. The van der Waals surface area contributed by atoms with E-state index in [9.17, 15) is 8.78 Å². The molecule has 1 aliphatic carbocycles. The normalized spacial score (nSPS) is 16.7. The topological polar surface area (TPSA) is 86.3 Å². The SMILES string of the molecule is Cc1cc(C)n(-c2nc(CC3CCC(F)(F)CC3)cc(NCc3cnn(C)n3)n2)n1. The van der Waals surface area contributed by atoms with Crippen molar-refractivity contribution in [1.82, 2.24) is 34.7 Å². The van der Waals surface area contributed by atoms with Gasteiger partial charge in [0, 0.05) is 37.3 Å². The summed E-state index contributed by atoms with van der Waals surface area (Å²) in [4.78, 5) is 10.8. The Bertz CT molecular complexity index is 1020. The molecule has 0 spiro atoms. The molecule has 0 radical (unpaired) electrons. The number of rotatable bonds is 6. The molecule has 1 N–H and O–H groups in total. The lowest BCUT2D eigenvalue weighted by atomic mass is 9.84. The molecule has 0 aliphatic heterocycles. The van der Waals surface area contributed by atoms with E-state index in [-0.39, 0.29) is 18.8 Å². The lowest BCUT2D eigenvalue weighted by molar-refractivity contribution is -0.0457. The molecule has 4 rings (SSSR count). The number of alkyl halides is 2. The number of hydrogen-bond donors (Lipinski definition) is 1. The standard InChI is InChI=1S/C20H26F2N8/c1-13-8-14(2)30(27-13)19-25-16(9-15-4-6-20(21,22)7-5-15)10-18(26-19)23-11-17-12-24-29(3)28-17/h8,10,12,15H,4-7,9,11H2,1-3H3,(H,23,25,26). The van der Waals surface area contributed by atoms with Crippen LogP contribution in [-0.2, 0) is 20.0 Å². The molecule has 30 heavy (non-hydrogen) atoms. The molecule has 160 valence electrons. The zero-order valence-electron chi connectivity index (χ0n) is 17.4. The van der Waals surface area contributed by atoms with Crippen molar-refractivity contribution >= 4 is 5.82 Å². The van der Waals surface area contributed by atoms with Gasteiger partial charge in [-0.15, -0.1) is 0 Å². The second-order valence-corrected chi connectivity index (χ2v) is 8.07. The fraction of sp³-hybridized carbons (Fsp3) is 0.550. The summed E-state index contributed by atoms with van der Waals surface area (Å²) in [5.41, 5.74) is 3.43. The van der Waals surface area contributed by atoms with Crippen molar-refractivity contribution < 1.29 is 8.78 Å². The predicted molar refractivity (Wildman–Crippen MR) is 108 cm³/mol. The van der Waals surface area contributed by atoms with Crippen molar-refractivity contribution in [2.24, 2.45) is 13.0 Å². The molecule has 8 nitrogen and oxygen atoms in total. The number of nitrogens with zero attached hydrogens (tertiary/aromatic N) is 7. The minimum Gasteiger partial charge on any atom is -0.364 e. The molecule has 1 fully saturated rings. The summed E-state index contributed by atoms with van der Waals surface area (Å²) in [5.74, 6) is -1.21. The molecular formula is C20H26F2N8. The number of halogens is 2. The Kier molecular flexibility index (Phi) is 5.48. The third-order valence-electron chi connectivity index (χ3n) is 5.40. The van der Waals surface area contributed by atoms with Crippen molar-refractivity contribution in [3.8, 4) is 5.95 Å². The molecule has 0 aromatic carbocycles. The van der Waals surface area contributed by atoms with Gasteiger partial charge in [-0.2, -0.15) is 25.1 Å². The summed E-state index contributed by atoms with van der Waals surface area (Å²) in [7, 11) is 1.76. The summed E-state index contributed by atoms with van der Waals surface area (Å²) >= 11 is 0. The summed E-state index contributed by atoms with van der Waals surface area (Å²) in [5, 5.41) is 16.1. The van der Waals surface area contributed by atoms with Gasteiger partial charge in [0.05, 0.1) is 18.4 Å². The molecule has 1 saturated carbocycles. The van der Waals surface area contributed by atoms with E-state index in [1.807, 2.05) is 26.0 Å². The van der Waals surface area contributed by atoms with Crippen molar-refractivity contribution in [1.29, 1.82) is 0 Å². The van der Waals surface area contributed by atoms with Crippen LogP contribution in [0.15, 0.2) is 18.3 Å². The molecule has 1 aliphatic rings. The Morgan fingerprint density at radius 3 is 2.50 bits per heavy atom. The fourth-order valence-electron chi connectivity index (χ4n) is 3.85. The van der Waals surface area contributed by atoms with Gasteiger partial charge in [0.1, 0.15) is 11.5 Å². The molecule has 0 amide bonds.